The average Bonchev–Trinajstić information content (AvgIpc) is 2.64. The predicted molar refractivity (Wildman–Crippen MR) is 95.1 cm³/mol. The normalized spacial score (nSPS) is 16.7. The molecular weight excluding hydrogens is 339 g/mol. The molecule has 1 aliphatic heterocycles. The molecule has 0 unspecified atom stereocenters. The molecular formula is C18H25FN4O3. The lowest BCUT2D eigenvalue weighted by Gasteiger charge is -2.33. The molecule has 2 N–H and O–H groups in total. The van der Waals surface area contributed by atoms with Crippen LogP contribution in [0.1, 0.15) is 23.2 Å². The van der Waals surface area contributed by atoms with E-state index in [1.807, 2.05) is 0 Å². The molecule has 0 bridgehead atoms. The number of halogens is 1. The van der Waals surface area contributed by atoms with Gasteiger partial charge < -0.3 is 20.4 Å². The summed E-state index contributed by atoms with van der Waals surface area (Å²) in [6, 6.07) is 5.17. The number of likely N-dealkylation sites (tertiary alicyclic amines) is 1. The zero-order valence-electron chi connectivity index (χ0n) is 15.1. The average molecular weight is 364 g/mol. The molecule has 0 aliphatic carbocycles. The number of nitrogens with one attached hydrogen (secondary N) is 2. The van der Waals surface area contributed by atoms with Crippen molar-refractivity contribution >= 4 is 17.8 Å². The van der Waals surface area contributed by atoms with E-state index in [-0.39, 0.29) is 30.3 Å². The van der Waals surface area contributed by atoms with Crippen LogP contribution in [0.5, 0.6) is 0 Å². The second-order valence-corrected chi connectivity index (χ2v) is 6.52. The minimum Gasteiger partial charge on any atom is -0.354 e. The van der Waals surface area contributed by atoms with Gasteiger partial charge in [0.1, 0.15) is 5.82 Å². The van der Waals surface area contributed by atoms with Crippen LogP contribution in [0.3, 0.4) is 0 Å². The second kappa shape index (κ2) is 9.17. The Labute approximate surface area is 152 Å². The maximum Gasteiger partial charge on any atom is 0.319 e. The molecule has 1 fully saturated rings. The van der Waals surface area contributed by atoms with E-state index < -0.39 is 5.82 Å². The SMILES string of the molecule is CN(C)C(=O)N1CCC[C@H](C(=O)NCCNC(=O)c2ccc(F)cc2)C1. The van der Waals surface area contributed by atoms with Crippen LogP contribution in [0.2, 0.25) is 0 Å². The van der Waals surface area contributed by atoms with Crippen LogP contribution in [-0.4, -0.2) is 67.9 Å². The zero-order chi connectivity index (χ0) is 19.1. The van der Waals surface area contributed by atoms with Crippen molar-refractivity contribution in [1.82, 2.24) is 20.4 Å². The van der Waals surface area contributed by atoms with Crippen LogP contribution in [0, 0.1) is 11.7 Å². The summed E-state index contributed by atoms with van der Waals surface area (Å²) in [4.78, 5) is 39.4. The summed E-state index contributed by atoms with van der Waals surface area (Å²) < 4.78 is 12.8. The van der Waals surface area contributed by atoms with Gasteiger partial charge in [0.25, 0.3) is 5.91 Å². The summed E-state index contributed by atoms with van der Waals surface area (Å²) in [5.74, 6) is -1.07. The molecule has 4 amide bonds. The quantitative estimate of drug-likeness (QED) is 0.767. The molecule has 1 aliphatic rings. The van der Waals surface area contributed by atoms with Crippen molar-refractivity contribution in [3.63, 3.8) is 0 Å². The lowest BCUT2D eigenvalue weighted by atomic mass is 9.97. The van der Waals surface area contributed by atoms with Crippen molar-refractivity contribution in [2.75, 3.05) is 40.3 Å². The number of hydrogen-bond acceptors (Lipinski definition) is 3. The minimum atomic E-state index is -0.400. The molecule has 7 nitrogen and oxygen atoms in total. The molecule has 1 saturated heterocycles. The number of rotatable bonds is 5. The van der Waals surface area contributed by atoms with E-state index in [1.54, 1.807) is 19.0 Å². The summed E-state index contributed by atoms with van der Waals surface area (Å²) >= 11 is 0. The van der Waals surface area contributed by atoms with Gasteiger partial charge in [-0.2, -0.15) is 0 Å². The fourth-order valence-electron chi connectivity index (χ4n) is 2.86. The number of nitrogens with zero attached hydrogens (tertiary/aromatic N) is 2. The van der Waals surface area contributed by atoms with Crippen molar-refractivity contribution in [2.24, 2.45) is 5.92 Å². The van der Waals surface area contributed by atoms with Crippen molar-refractivity contribution < 1.29 is 18.8 Å². The maximum absolute atomic E-state index is 12.8. The van der Waals surface area contributed by atoms with Crippen LogP contribution in [-0.2, 0) is 4.79 Å². The highest BCUT2D eigenvalue weighted by molar-refractivity contribution is 5.94. The highest BCUT2D eigenvalue weighted by Gasteiger charge is 2.28. The van der Waals surface area contributed by atoms with Crippen molar-refractivity contribution in [1.29, 1.82) is 0 Å². The highest BCUT2D eigenvalue weighted by atomic mass is 19.1. The molecule has 0 spiro atoms. The second-order valence-electron chi connectivity index (χ2n) is 6.52. The van der Waals surface area contributed by atoms with Gasteiger partial charge in [0.05, 0.1) is 5.92 Å². The van der Waals surface area contributed by atoms with Crippen molar-refractivity contribution in [3.05, 3.63) is 35.6 Å². The third kappa shape index (κ3) is 5.44. The first-order valence-electron chi connectivity index (χ1n) is 8.66. The zero-order valence-corrected chi connectivity index (χ0v) is 15.1. The van der Waals surface area contributed by atoms with E-state index in [9.17, 15) is 18.8 Å². The molecule has 142 valence electrons. The topological polar surface area (TPSA) is 81.8 Å². The van der Waals surface area contributed by atoms with Crippen LogP contribution in [0.4, 0.5) is 9.18 Å². The van der Waals surface area contributed by atoms with E-state index in [0.717, 1.165) is 12.8 Å². The summed E-state index contributed by atoms with van der Waals surface area (Å²) in [6.07, 6.45) is 1.53. The number of carbonyl (C=O) groups is 3. The van der Waals surface area contributed by atoms with Crippen LogP contribution in [0.15, 0.2) is 24.3 Å². The molecule has 1 heterocycles. The van der Waals surface area contributed by atoms with Gasteiger partial charge in [0.2, 0.25) is 5.91 Å². The van der Waals surface area contributed by atoms with Gasteiger partial charge in [-0.25, -0.2) is 9.18 Å². The Morgan fingerprint density at radius 3 is 2.46 bits per heavy atom. The number of benzene rings is 1. The Bertz CT molecular complexity index is 648. The maximum atomic E-state index is 12.8. The molecule has 26 heavy (non-hydrogen) atoms. The Morgan fingerprint density at radius 2 is 1.81 bits per heavy atom. The van der Waals surface area contributed by atoms with Crippen LogP contribution in [0.25, 0.3) is 0 Å². The third-order valence-electron chi connectivity index (χ3n) is 4.26. The van der Waals surface area contributed by atoms with Gasteiger partial charge in [-0.05, 0) is 37.1 Å². The van der Waals surface area contributed by atoms with Gasteiger partial charge >= 0.3 is 6.03 Å². The Hall–Kier alpha value is -2.64. The van der Waals surface area contributed by atoms with Gasteiger partial charge in [0.15, 0.2) is 0 Å². The Morgan fingerprint density at radius 1 is 1.15 bits per heavy atom. The number of hydrogen-bond donors (Lipinski definition) is 2. The highest BCUT2D eigenvalue weighted by Crippen LogP contribution is 2.17. The summed E-state index contributed by atoms with van der Waals surface area (Å²) in [6.45, 7) is 1.64. The Balaban J connectivity index is 1.72. The third-order valence-corrected chi connectivity index (χ3v) is 4.26. The summed E-state index contributed by atoms with van der Waals surface area (Å²) in [5.41, 5.74) is 0.364. The smallest absolute Gasteiger partial charge is 0.319 e. The summed E-state index contributed by atoms with van der Waals surface area (Å²) in [7, 11) is 3.38. The van der Waals surface area contributed by atoms with Gasteiger partial charge in [-0.3, -0.25) is 9.59 Å². The van der Waals surface area contributed by atoms with Gasteiger partial charge in [0, 0.05) is 45.8 Å². The first kappa shape index (κ1) is 19.7. The molecule has 1 aromatic rings. The predicted octanol–water partition coefficient (Wildman–Crippen LogP) is 1.07. The summed E-state index contributed by atoms with van der Waals surface area (Å²) in [5, 5.41) is 5.46. The molecule has 8 heteroatoms. The first-order valence-corrected chi connectivity index (χ1v) is 8.66. The van der Waals surface area contributed by atoms with E-state index >= 15 is 0 Å². The molecule has 0 saturated carbocycles. The lowest BCUT2D eigenvalue weighted by molar-refractivity contribution is -0.126. The molecule has 0 aromatic heterocycles. The van der Waals surface area contributed by atoms with Crippen molar-refractivity contribution in [3.8, 4) is 0 Å². The largest absolute Gasteiger partial charge is 0.354 e. The Kier molecular flexibility index (Phi) is 6.94. The van der Waals surface area contributed by atoms with E-state index in [4.69, 9.17) is 0 Å². The molecule has 1 atom stereocenters. The van der Waals surface area contributed by atoms with Crippen molar-refractivity contribution in [2.45, 2.75) is 12.8 Å². The fraction of sp³-hybridized carbons (Fsp3) is 0.500. The van der Waals surface area contributed by atoms with E-state index in [1.165, 1.54) is 29.2 Å². The molecule has 1 aromatic carbocycles. The van der Waals surface area contributed by atoms with Gasteiger partial charge in [-0.1, -0.05) is 0 Å². The minimum absolute atomic E-state index is 0.0888. The first-order chi connectivity index (χ1) is 12.4. The van der Waals surface area contributed by atoms with E-state index in [0.29, 0.717) is 25.2 Å². The lowest BCUT2D eigenvalue weighted by Crippen LogP contribution is -2.49. The number of amides is 4. The number of piperidine rings is 1. The fourth-order valence-corrected chi connectivity index (χ4v) is 2.86. The molecule has 2 rings (SSSR count). The molecule has 0 radical (unpaired) electrons. The monoisotopic (exact) mass is 364 g/mol. The standard InChI is InChI=1S/C18H25FN4O3/c1-22(2)18(26)23-11-3-4-14(12-23)17(25)21-10-9-20-16(24)13-5-7-15(19)8-6-13/h5-8,14H,3-4,9-12H2,1-2H3,(H,20,24)(H,21,25)/t14-/m0/s1. The van der Waals surface area contributed by atoms with E-state index in [2.05, 4.69) is 10.6 Å². The van der Waals surface area contributed by atoms with Crippen LogP contribution >= 0.6 is 0 Å². The number of urea groups is 1. The number of carbonyl (C=O) groups excluding carboxylic acids is 3. The van der Waals surface area contributed by atoms with Gasteiger partial charge in [-0.15, -0.1) is 0 Å². The van der Waals surface area contributed by atoms with Crippen LogP contribution < -0.4 is 10.6 Å².